The molecule has 0 radical (unpaired) electrons. The highest BCUT2D eigenvalue weighted by Gasteiger charge is 2.14. The van der Waals surface area contributed by atoms with E-state index in [4.69, 9.17) is 9.47 Å². The summed E-state index contributed by atoms with van der Waals surface area (Å²) in [7, 11) is 0. The van der Waals surface area contributed by atoms with E-state index < -0.39 is 16.7 Å². The van der Waals surface area contributed by atoms with Gasteiger partial charge in [0.2, 0.25) is 5.78 Å². The van der Waals surface area contributed by atoms with Crippen molar-refractivity contribution < 1.29 is 24.0 Å². The van der Waals surface area contributed by atoms with Crippen LogP contribution in [0.1, 0.15) is 6.92 Å². The van der Waals surface area contributed by atoms with Crippen molar-refractivity contribution in [2.45, 2.75) is 11.8 Å². The van der Waals surface area contributed by atoms with Crippen molar-refractivity contribution in [1.29, 1.82) is 0 Å². The van der Waals surface area contributed by atoms with Crippen LogP contribution in [0.15, 0.2) is 70.7 Å². The van der Waals surface area contributed by atoms with Gasteiger partial charge >= 0.3 is 5.97 Å². The topological polar surface area (TPSA) is 95.7 Å². The Labute approximate surface area is 153 Å². The zero-order valence-corrected chi connectivity index (χ0v) is 14.6. The molecular weight excluding hydrogens is 358 g/mol. The van der Waals surface area contributed by atoms with Crippen molar-refractivity contribution in [3.05, 3.63) is 75.9 Å². The minimum atomic E-state index is -0.541. The third kappa shape index (κ3) is 6.06. The fourth-order valence-corrected chi connectivity index (χ4v) is 2.60. The fourth-order valence-electron chi connectivity index (χ4n) is 1.78. The van der Waals surface area contributed by atoms with Crippen LogP contribution in [-0.2, 0) is 14.3 Å². The zero-order chi connectivity index (χ0) is 18.9. The highest BCUT2D eigenvalue weighted by atomic mass is 32.2. The summed E-state index contributed by atoms with van der Waals surface area (Å²) < 4.78 is 10.2. The Morgan fingerprint density at radius 3 is 2.35 bits per heavy atom. The van der Waals surface area contributed by atoms with Crippen molar-refractivity contribution in [2.24, 2.45) is 0 Å². The molecule has 26 heavy (non-hydrogen) atoms. The average molecular weight is 373 g/mol. The van der Waals surface area contributed by atoms with E-state index >= 15 is 0 Å². The summed E-state index contributed by atoms with van der Waals surface area (Å²) >= 11 is 1.15. The van der Waals surface area contributed by atoms with Gasteiger partial charge in [-0.05, 0) is 24.3 Å². The number of nitro benzene ring substituents is 1. The zero-order valence-electron chi connectivity index (χ0n) is 13.8. The van der Waals surface area contributed by atoms with Crippen molar-refractivity contribution in [3.63, 3.8) is 0 Å². The second kappa shape index (κ2) is 9.38. The minimum Gasteiger partial charge on any atom is -0.485 e. The van der Waals surface area contributed by atoms with Crippen LogP contribution in [-0.4, -0.2) is 23.3 Å². The Bertz CT molecular complexity index is 817. The number of carbonyl (C=O) groups excluding carboxylic acids is 2. The highest BCUT2D eigenvalue weighted by Crippen LogP contribution is 2.27. The molecule has 0 aliphatic carbocycles. The lowest BCUT2D eigenvalue weighted by molar-refractivity contribution is -0.384. The maximum absolute atomic E-state index is 12.4. The van der Waals surface area contributed by atoms with E-state index in [2.05, 4.69) is 0 Å². The molecule has 0 heterocycles. The van der Waals surface area contributed by atoms with Crippen LogP contribution < -0.4 is 4.74 Å². The quantitative estimate of drug-likeness (QED) is 0.174. The number of non-ortho nitro benzene ring substituents is 1. The molecule has 0 bridgehead atoms. The molecule has 0 aromatic heterocycles. The summed E-state index contributed by atoms with van der Waals surface area (Å²) in [5.74, 6) is -0.612. The molecule has 0 saturated heterocycles. The maximum Gasteiger partial charge on any atom is 0.307 e. The molecular formula is C18H15NO6S. The van der Waals surface area contributed by atoms with Crippen molar-refractivity contribution in [3.8, 4) is 5.75 Å². The van der Waals surface area contributed by atoms with Crippen molar-refractivity contribution in [2.75, 3.05) is 6.61 Å². The van der Waals surface area contributed by atoms with E-state index in [0.717, 1.165) is 22.9 Å². The first-order valence-corrected chi connectivity index (χ1v) is 8.28. The molecule has 0 atom stereocenters. The summed E-state index contributed by atoms with van der Waals surface area (Å²) in [6.45, 7) is 0.934. The molecule has 2 rings (SSSR count). The molecule has 0 unspecified atom stereocenters. The third-order valence-electron chi connectivity index (χ3n) is 3.00. The number of nitrogens with zero attached hydrogens (tertiary/aromatic N) is 1. The van der Waals surface area contributed by atoms with Gasteiger partial charge in [-0.2, -0.15) is 0 Å². The highest BCUT2D eigenvalue weighted by molar-refractivity contribution is 8.04. The second-order valence-electron chi connectivity index (χ2n) is 4.97. The lowest BCUT2D eigenvalue weighted by atomic mass is 10.3. The number of thioether (sulfide) groups is 1. The Hall–Kier alpha value is -3.13. The first-order chi connectivity index (χ1) is 12.5. The summed E-state index contributed by atoms with van der Waals surface area (Å²) in [4.78, 5) is 34.5. The van der Waals surface area contributed by atoms with Crippen LogP contribution in [0, 0.1) is 10.1 Å². The van der Waals surface area contributed by atoms with Gasteiger partial charge < -0.3 is 9.47 Å². The lowest BCUT2D eigenvalue weighted by Crippen LogP contribution is -2.13. The van der Waals surface area contributed by atoms with E-state index in [1.165, 1.54) is 31.2 Å². The predicted octanol–water partition coefficient (Wildman–Crippen LogP) is 3.74. The summed E-state index contributed by atoms with van der Waals surface area (Å²) in [5.41, 5.74) is -0.0706. The fraction of sp³-hybridized carbons (Fsp3) is 0.111. The van der Waals surface area contributed by atoms with Crippen LogP contribution in [0.3, 0.4) is 0 Å². The van der Waals surface area contributed by atoms with E-state index in [1.807, 2.05) is 30.3 Å². The average Bonchev–Trinajstić information content (AvgIpc) is 2.64. The first-order valence-electron chi connectivity index (χ1n) is 7.46. The van der Waals surface area contributed by atoms with Crippen molar-refractivity contribution >= 4 is 29.2 Å². The molecule has 0 aliphatic heterocycles. The number of rotatable bonds is 8. The van der Waals surface area contributed by atoms with Gasteiger partial charge in [-0.1, -0.05) is 30.0 Å². The molecule has 0 aliphatic rings. The SMILES string of the molecule is CC(=O)O/C=C(\Sc1ccccc1)C(=O)COc1ccc([N+](=O)[O-])cc1. The summed E-state index contributed by atoms with van der Waals surface area (Å²) in [5, 5.41) is 10.6. The molecule has 2 aromatic rings. The normalized spacial score (nSPS) is 10.9. The largest absolute Gasteiger partial charge is 0.485 e. The Balaban J connectivity index is 2.04. The maximum atomic E-state index is 12.4. The van der Waals surface area contributed by atoms with Gasteiger partial charge in [0.25, 0.3) is 5.69 Å². The van der Waals surface area contributed by atoms with Gasteiger partial charge in [0.15, 0.2) is 6.61 Å². The molecule has 7 nitrogen and oxygen atoms in total. The number of ketones is 1. The van der Waals surface area contributed by atoms with Crippen LogP contribution in [0.5, 0.6) is 5.75 Å². The summed E-state index contributed by atoms with van der Waals surface area (Å²) in [6.07, 6.45) is 1.10. The molecule has 134 valence electrons. The smallest absolute Gasteiger partial charge is 0.307 e. The van der Waals surface area contributed by atoms with Gasteiger partial charge in [0, 0.05) is 24.0 Å². The van der Waals surface area contributed by atoms with Gasteiger partial charge in [0.1, 0.15) is 12.0 Å². The number of nitro groups is 1. The molecule has 0 amide bonds. The molecule has 2 aromatic carbocycles. The number of ether oxygens (including phenoxy) is 2. The van der Waals surface area contributed by atoms with E-state index in [0.29, 0.717) is 5.75 Å². The van der Waals surface area contributed by atoms with Gasteiger partial charge in [-0.3, -0.25) is 19.7 Å². The molecule has 0 N–H and O–H groups in total. The monoisotopic (exact) mass is 373 g/mol. The first kappa shape index (κ1) is 19.2. The Kier molecular flexibility index (Phi) is 6.92. The third-order valence-corrected chi connectivity index (χ3v) is 4.05. The van der Waals surface area contributed by atoms with Crippen LogP contribution >= 0.6 is 11.8 Å². The lowest BCUT2D eigenvalue weighted by Gasteiger charge is -2.08. The van der Waals surface area contributed by atoms with Crippen LogP contribution in [0.25, 0.3) is 0 Å². The van der Waals surface area contributed by atoms with E-state index in [1.54, 1.807) is 0 Å². The molecule has 0 spiro atoms. The molecule has 8 heteroatoms. The number of Topliss-reactive ketones (excluding diaryl/α,β-unsaturated/α-hetero) is 1. The van der Waals surface area contributed by atoms with Crippen LogP contribution in [0.2, 0.25) is 0 Å². The van der Waals surface area contributed by atoms with Crippen molar-refractivity contribution in [1.82, 2.24) is 0 Å². The molecule has 0 fully saturated rings. The molecule has 0 saturated carbocycles. The number of carbonyl (C=O) groups is 2. The Morgan fingerprint density at radius 1 is 1.12 bits per heavy atom. The van der Waals surface area contributed by atoms with E-state index in [-0.39, 0.29) is 17.2 Å². The number of hydrogen-bond acceptors (Lipinski definition) is 7. The van der Waals surface area contributed by atoms with Gasteiger partial charge in [-0.25, -0.2) is 0 Å². The van der Waals surface area contributed by atoms with Crippen LogP contribution in [0.4, 0.5) is 5.69 Å². The second-order valence-corrected chi connectivity index (χ2v) is 6.08. The Morgan fingerprint density at radius 2 is 1.77 bits per heavy atom. The van der Waals surface area contributed by atoms with Gasteiger partial charge in [-0.15, -0.1) is 0 Å². The number of esters is 1. The van der Waals surface area contributed by atoms with Gasteiger partial charge in [0.05, 0.1) is 9.83 Å². The summed E-state index contributed by atoms with van der Waals surface area (Å²) in [6, 6.07) is 14.5. The minimum absolute atomic E-state index is 0.0706. The number of hydrogen-bond donors (Lipinski definition) is 0. The number of benzene rings is 2. The van der Waals surface area contributed by atoms with E-state index in [9.17, 15) is 19.7 Å². The predicted molar refractivity (Wildman–Crippen MR) is 95.7 cm³/mol. The standard InChI is InChI=1S/C18H15NO6S/c1-13(20)24-12-18(26-16-5-3-2-4-6-16)17(21)11-25-15-9-7-14(8-10-15)19(22)23/h2-10,12H,11H2,1H3/b18-12-.